The molecule has 1 aromatic heterocycles. The third-order valence-corrected chi connectivity index (χ3v) is 2.51. The average molecular weight is 185 g/mol. The maximum atomic E-state index is 12.4. The van der Waals surface area contributed by atoms with Crippen LogP contribution in [0.15, 0.2) is 24.4 Å². The Morgan fingerprint density at radius 3 is 2.92 bits per heavy atom. The Bertz CT molecular complexity index is 397. The molecule has 0 saturated heterocycles. The molecule has 0 saturated carbocycles. The summed E-state index contributed by atoms with van der Waals surface area (Å²) < 4.78 is 29.1. The van der Waals surface area contributed by atoms with Gasteiger partial charge in [-0.25, -0.2) is 8.78 Å². The number of hydrogen-bond acceptors (Lipinski definition) is 2. The number of nitrogens with zero attached hydrogens (tertiary/aromatic N) is 1. The van der Waals surface area contributed by atoms with E-state index in [-0.39, 0.29) is 5.56 Å². The summed E-state index contributed by atoms with van der Waals surface area (Å²) in [5.74, 6) is 0. The number of rotatable bonds is 1. The standard InChI is InChI=1S/C8H5F2NS/c9-8(10)6-3-1-2-5-4-11-12-7(5)6/h1-4,8H. The van der Waals surface area contributed by atoms with Crippen LogP contribution in [-0.2, 0) is 0 Å². The molecule has 2 aromatic rings. The second kappa shape index (κ2) is 2.79. The van der Waals surface area contributed by atoms with Crippen molar-refractivity contribution in [3.63, 3.8) is 0 Å². The Kier molecular flexibility index (Phi) is 1.77. The van der Waals surface area contributed by atoms with E-state index in [1.54, 1.807) is 18.3 Å². The van der Waals surface area contributed by atoms with Crippen LogP contribution in [0.2, 0.25) is 0 Å². The molecule has 0 spiro atoms. The molecule has 62 valence electrons. The normalized spacial score (nSPS) is 11.2. The molecule has 1 aromatic carbocycles. The van der Waals surface area contributed by atoms with E-state index in [0.29, 0.717) is 4.70 Å². The third kappa shape index (κ3) is 1.08. The Morgan fingerprint density at radius 2 is 2.17 bits per heavy atom. The first kappa shape index (κ1) is 7.61. The highest BCUT2D eigenvalue weighted by Crippen LogP contribution is 2.29. The van der Waals surface area contributed by atoms with E-state index in [1.807, 2.05) is 0 Å². The van der Waals surface area contributed by atoms with Crippen LogP contribution in [0.25, 0.3) is 10.1 Å². The number of halogens is 2. The van der Waals surface area contributed by atoms with Gasteiger partial charge in [-0.2, -0.15) is 4.37 Å². The number of hydrogen-bond donors (Lipinski definition) is 0. The van der Waals surface area contributed by atoms with Crippen LogP contribution >= 0.6 is 11.5 Å². The number of aromatic nitrogens is 1. The lowest BCUT2D eigenvalue weighted by molar-refractivity contribution is 0.153. The summed E-state index contributed by atoms with van der Waals surface area (Å²) in [6, 6.07) is 4.84. The van der Waals surface area contributed by atoms with Crippen LogP contribution in [0, 0.1) is 0 Å². The van der Waals surface area contributed by atoms with Gasteiger partial charge in [0.25, 0.3) is 6.43 Å². The molecule has 0 aliphatic rings. The summed E-state index contributed by atoms with van der Waals surface area (Å²) in [7, 11) is 0. The van der Waals surface area contributed by atoms with Crippen LogP contribution in [0.5, 0.6) is 0 Å². The van der Waals surface area contributed by atoms with E-state index in [0.717, 1.165) is 16.9 Å². The molecule has 2 rings (SSSR count). The summed E-state index contributed by atoms with van der Waals surface area (Å²) in [6.45, 7) is 0. The number of fused-ring (bicyclic) bond motifs is 1. The van der Waals surface area contributed by atoms with Gasteiger partial charge in [-0.3, -0.25) is 0 Å². The Labute approximate surface area is 71.8 Å². The minimum Gasteiger partial charge on any atom is -0.205 e. The largest absolute Gasteiger partial charge is 0.265 e. The van der Waals surface area contributed by atoms with Crippen molar-refractivity contribution in [1.29, 1.82) is 0 Å². The smallest absolute Gasteiger partial charge is 0.205 e. The highest BCUT2D eigenvalue weighted by Gasteiger charge is 2.11. The molecule has 0 radical (unpaired) electrons. The molecular formula is C8H5F2NS. The first-order valence-electron chi connectivity index (χ1n) is 3.40. The van der Waals surface area contributed by atoms with Gasteiger partial charge < -0.3 is 0 Å². The second-order valence-electron chi connectivity index (χ2n) is 2.39. The Balaban J connectivity index is 2.73. The molecule has 0 aliphatic carbocycles. The van der Waals surface area contributed by atoms with Crippen molar-refractivity contribution in [1.82, 2.24) is 4.37 Å². The van der Waals surface area contributed by atoms with Crippen LogP contribution in [-0.4, -0.2) is 4.37 Å². The van der Waals surface area contributed by atoms with Crippen molar-refractivity contribution in [3.05, 3.63) is 30.0 Å². The van der Waals surface area contributed by atoms with E-state index >= 15 is 0 Å². The fourth-order valence-corrected chi connectivity index (χ4v) is 1.85. The molecule has 0 atom stereocenters. The predicted molar refractivity (Wildman–Crippen MR) is 44.6 cm³/mol. The molecule has 0 bridgehead atoms. The van der Waals surface area contributed by atoms with E-state index in [9.17, 15) is 8.78 Å². The minimum atomic E-state index is -2.41. The molecule has 0 unspecified atom stereocenters. The molecule has 1 nitrogen and oxygen atoms in total. The van der Waals surface area contributed by atoms with E-state index in [1.165, 1.54) is 6.07 Å². The van der Waals surface area contributed by atoms with Crippen molar-refractivity contribution in [2.45, 2.75) is 6.43 Å². The maximum Gasteiger partial charge on any atom is 0.265 e. The van der Waals surface area contributed by atoms with Crippen LogP contribution in [0.3, 0.4) is 0 Å². The fourth-order valence-electron chi connectivity index (χ4n) is 1.09. The predicted octanol–water partition coefficient (Wildman–Crippen LogP) is 3.23. The van der Waals surface area contributed by atoms with Gasteiger partial charge in [-0.05, 0) is 11.5 Å². The van der Waals surface area contributed by atoms with Crippen LogP contribution < -0.4 is 0 Å². The van der Waals surface area contributed by atoms with E-state index in [2.05, 4.69) is 4.37 Å². The van der Waals surface area contributed by atoms with Gasteiger partial charge in [-0.1, -0.05) is 18.2 Å². The molecule has 12 heavy (non-hydrogen) atoms. The summed E-state index contributed by atoms with van der Waals surface area (Å²) >= 11 is 1.11. The zero-order chi connectivity index (χ0) is 8.55. The SMILES string of the molecule is FC(F)c1cccc2cnsc12. The molecule has 1 heterocycles. The maximum absolute atomic E-state index is 12.4. The Hall–Kier alpha value is -1.03. The van der Waals surface area contributed by atoms with Crippen molar-refractivity contribution in [3.8, 4) is 0 Å². The zero-order valence-electron chi connectivity index (χ0n) is 6.00. The Morgan fingerprint density at radius 1 is 1.33 bits per heavy atom. The molecular weight excluding hydrogens is 180 g/mol. The highest BCUT2D eigenvalue weighted by atomic mass is 32.1. The van der Waals surface area contributed by atoms with Gasteiger partial charge >= 0.3 is 0 Å². The number of alkyl halides is 2. The topological polar surface area (TPSA) is 12.9 Å². The summed E-state index contributed by atoms with van der Waals surface area (Å²) in [5, 5.41) is 0.790. The third-order valence-electron chi connectivity index (χ3n) is 1.65. The van der Waals surface area contributed by atoms with Crippen LogP contribution in [0.4, 0.5) is 8.78 Å². The van der Waals surface area contributed by atoms with Gasteiger partial charge in [0.1, 0.15) is 0 Å². The average Bonchev–Trinajstić information content (AvgIpc) is 2.49. The lowest BCUT2D eigenvalue weighted by atomic mass is 10.2. The van der Waals surface area contributed by atoms with Gasteiger partial charge in [0.05, 0.1) is 4.70 Å². The minimum absolute atomic E-state index is 0.0787. The van der Waals surface area contributed by atoms with Gasteiger partial charge in [0.2, 0.25) is 0 Å². The fraction of sp³-hybridized carbons (Fsp3) is 0.125. The molecule has 4 heteroatoms. The first-order chi connectivity index (χ1) is 5.79. The summed E-state index contributed by atoms with van der Waals surface area (Å²) in [5.41, 5.74) is 0.0787. The highest BCUT2D eigenvalue weighted by molar-refractivity contribution is 7.13. The lowest BCUT2D eigenvalue weighted by Gasteiger charge is -1.98. The molecule has 0 aliphatic heterocycles. The van der Waals surface area contributed by atoms with Crippen molar-refractivity contribution in [2.24, 2.45) is 0 Å². The monoisotopic (exact) mass is 185 g/mol. The van der Waals surface area contributed by atoms with Gasteiger partial charge in [0.15, 0.2) is 0 Å². The lowest BCUT2D eigenvalue weighted by Crippen LogP contribution is -1.82. The second-order valence-corrected chi connectivity index (χ2v) is 3.19. The van der Waals surface area contributed by atoms with Gasteiger partial charge in [0, 0.05) is 17.1 Å². The van der Waals surface area contributed by atoms with Crippen LogP contribution in [0.1, 0.15) is 12.0 Å². The molecule has 0 N–H and O–H groups in total. The molecule has 0 amide bonds. The van der Waals surface area contributed by atoms with Gasteiger partial charge in [-0.15, -0.1) is 0 Å². The first-order valence-corrected chi connectivity index (χ1v) is 4.18. The quantitative estimate of drug-likeness (QED) is 0.664. The van der Waals surface area contributed by atoms with Crippen molar-refractivity contribution >= 4 is 21.6 Å². The zero-order valence-corrected chi connectivity index (χ0v) is 6.81. The van der Waals surface area contributed by atoms with Crippen molar-refractivity contribution < 1.29 is 8.78 Å². The van der Waals surface area contributed by atoms with E-state index < -0.39 is 6.43 Å². The summed E-state index contributed by atoms with van der Waals surface area (Å²) in [4.78, 5) is 0. The van der Waals surface area contributed by atoms with Crippen molar-refractivity contribution in [2.75, 3.05) is 0 Å². The summed E-state index contributed by atoms with van der Waals surface area (Å²) in [6.07, 6.45) is -0.805. The number of benzene rings is 1. The van der Waals surface area contributed by atoms with E-state index in [4.69, 9.17) is 0 Å². The molecule has 0 fully saturated rings.